The Bertz CT molecular complexity index is 1380. The van der Waals surface area contributed by atoms with E-state index in [9.17, 15) is 13.6 Å². The zero-order valence-electron chi connectivity index (χ0n) is 17.8. The molecule has 0 aliphatic carbocycles. The van der Waals surface area contributed by atoms with Crippen LogP contribution in [0.15, 0.2) is 83.0 Å². The SMILES string of the molecule is CC1=C(c2nc(-c3ccccc3)no2)C(c2ccc(Cl)cc2)NC(=O)N1c1cc(F)cc(F)c1. The maximum Gasteiger partial charge on any atom is 0.327 e. The number of carbonyl (C=O) groups excluding carboxylic acids is 1. The minimum absolute atomic E-state index is 0.0300. The van der Waals surface area contributed by atoms with Crippen LogP contribution in [-0.4, -0.2) is 16.2 Å². The molecule has 4 aromatic rings. The van der Waals surface area contributed by atoms with Gasteiger partial charge in [-0.05, 0) is 36.8 Å². The van der Waals surface area contributed by atoms with Crippen LogP contribution in [0.3, 0.4) is 0 Å². The fraction of sp³-hybridized carbons (Fsp3) is 0.0800. The van der Waals surface area contributed by atoms with Gasteiger partial charge in [-0.2, -0.15) is 4.98 Å². The molecular weight excluding hydrogens is 462 g/mol. The molecule has 1 atom stereocenters. The number of hydrogen-bond donors (Lipinski definition) is 1. The molecule has 34 heavy (non-hydrogen) atoms. The van der Waals surface area contributed by atoms with Crippen LogP contribution in [-0.2, 0) is 0 Å². The van der Waals surface area contributed by atoms with E-state index >= 15 is 0 Å². The normalized spacial score (nSPS) is 16.1. The molecular formula is C25H17ClF2N4O2. The summed E-state index contributed by atoms with van der Waals surface area (Å²) in [5.41, 5.74) is 2.37. The lowest BCUT2D eigenvalue weighted by Crippen LogP contribution is -2.46. The Morgan fingerprint density at radius 1 is 1.00 bits per heavy atom. The van der Waals surface area contributed by atoms with Crippen molar-refractivity contribution < 1.29 is 18.1 Å². The van der Waals surface area contributed by atoms with Gasteiger partial charge in [0.25, 0.3) is 5.89 Å². The summed E-state index contributed by atoms with van der Waals surface area (Å²) in [6.07, 6.45) is 0. The minimum Gasteiger partial charge on any atom is -0.334 e. The van der Waals surface area contributed by atoms with Gasteiger partial charge in [0.15, 0.2) is 0 Å². The van der Waals surface area contributed by atoms with Crippen LogP contribution in [0.2, 0.25) is 5.02 Å². The van der Waals surface area contributed by atoms with Crippen LogP contribution in [0.4, 0.5) is 19.3 Å². The molecule has 1 aliphatic heterocycles. The summed E-state index contributed by atoms with van der Waals surface area (Å²) in [6.45, 7) is 1.66. The Kier molecular flexibility index (Phi) is 5.59. The van der Waals surface area contributed by atoms with E-state index in [4.69, 9.17) is 16.1 Å². The van der Waals surface area contributed by atoms with E-state index in [-0.39, 0.29) is 11.6 Å². The molecule has 0 fully saturated rings. The van der Waals surface area contributed by atoms with Crippen molar-refractivity contribution >= 4 is 28.9 Å². The second kappa shape index (κ2) is 8.72. The number of urea groups is 1. The number of nitrogens with one attached hydrogen (secondary N) is 1. The van der Waals surface area contributed by atoms with Gasteiger partial charge in [0.2, 0.25) is 5.82 Å². The molecule has 0 saturated carbocycles. The molecule has 6 nitrogen and oxygen atoms in total. The van der Waals surface area contributed by atoms with Gasteiger partial charge in [-0.3, -0.25) is 4.90 Å². The van der Waals surface area contributed by atoms with Gasteiger partial charge in [-0.25, -0.2) is 13.6 Å². The summed E-state index contributed by atoms with van der Waals surface area (Å²) >= 11 is 6.05. The third-order valence-corrected chi connectivity index (χ3v) is 5.73. The van der Waals surface area contributed by atoms with Crippen molar-refractivity contribution in [2.45, 2.75) is 13.0 Å². The van der Waals surface area contributed by atoms with E-state index in [1.165, 1.54) is 4.90 Å². The molecule has 9 heteroatoms. The first kappa shape index (κ1) is 21.8. The number of hydrogen-bond acceptors (Lipinski definition) is 4. The maximum absolute atomic E-state index is 14.0. The second-order valence-corrected chi connectivity index (χ2v) is 8.12. The maximum atomic E-state index is 14.0. The molecule has 1 aromatic heterocycles. The van der Waals surface area contributed by atoms with Crippen LogP contribution in [0.5, 0.6) is 0 Å². The molecule has 0 saturated heterocycles. The molecule has 2 amide bonds. The van der Waals surface area contributed by atoms with Crippen LogP contribution in [0.25, 0.3) is 17.0 Å². The van der Waals surface area contributed by atoms with Crippen molar-refractivity contribution in [2.75, 3.05) is 4.90 Å². The smallest absolute Gasteiger partial charge is 0.327 e. The van der Waals surface area contributed by atoms with Gasteiger partial charge in [0.1, 0.15) is 11.6 Å². The topological polar surface area (TPSA) is 71.3 Å². The largest absolute Gasteiger partial charge is 0.334 e. The van der Waals surface area contributed by atoms with Gasteiger partial charge in [0.05, 0.1) is 17.3 Å². The fourth-order valence-electron chi connectivity index (χ4n) is 3.94. The Morgan fingerprint density at radius 2 is 1.68 bits per heavy atom. The number of halogens is 3. The lowest BCUT2D eigenvalue weighted by molar-refractivity contribution is 0.244. The monoisotopic (exact) mass is 478 g/mol. The van der Waals surface area contributed by atoms with Crippen LogP contribution >= 0.6 is 11.6 Å². The molecule has 170 valence electrons. The number of allylic oxidation sites excluding steroid dienone is 1. The summed E-state index contributed by atoms with van der Waals surface area (Å²) in [5.74, 6) is -1.08. The molecule has 0 bridgehead atoms. The fourth-order valence-corrected chi connectivity index (χ4v) is 4.07. The summed E-state index contributed by atoms with van der Waals surface area (Å²) in [7, 11) is 0. The first-order valence-electron chi connectivity index (χ1n) is 10.3. The van der Waals surface area contributed by atoms with Crippen LogP contribution in [0, 0.1) is 11.6 Å². The molecule has 0 radical (unpaired) electrons. The molecule has 2 heterocycles. The summed E-state index contributed by atoms with van der Waals surface area (Å²) in [5, 5.41) is 7.51. The van der Waals surface area contributed by atoms with Gasteiger partial charge in [-0.15, -0.1) is 0 Å². The standard InChI is InChI=1S/C25H17ClF2N4O2/c1-14-21(24-30-23(31-34-24)16-5-3-2-4-6-16)22(15-7-9-17(26)10-8-15)29-25(33)32(14)20-12-18(27)11-19(28)13-20/h2-13,22H,1H3,(H,29,33). The van der Waals surface area contributed by atoms with Gasteiger partial charge < -0.3 is 9.84 Å². The Hall–Kier alpha value is -4.04. The number of aromatic nitrogens is 2. The van der Waals surface area contributed by atoms with E-state index in [1.54, 1.807) is 31.2 Å². The van der Waals surface area contributed by atoms with Crippen molar-refractivity contribution in [2.24, 2.45) is 0 Å². The second-order valence-electron chi connectivity index (χ2n) is 7.69. The lowest BCUT2D eigenvalue weighted by atomic mass is 9.94. The minimum atomic E-state index is -0.805. The van der Waals surface area contributed by atoms with Crippen molar-refractivity contribution in [1.29, 1.82) is 0 Å². The highest BCUT2D eigenvalue weighted by Crippen LogP contribution is 2.39. The number of nitrogens with zero attached hydrogens (tertiary/aromatic N) is 3. The van der Waals surface area contributed by atoms with Crippen molar-refractivity contribution in [3.8, 4) is 11.4 Å². The number of benzene rings is 3. The molecule has 1 aliphatic rings. The van der Waals surface area contributed by atoms with Crippen molar-refractivity contribution in [1.82, 2.24) is 15.5 Å². The third-order valence-electron chi connectivity index (χ3n) is 5.48. The molecule has 5 rings (SSSR count). The predicted molar refractivity (Wildman–Crippen MR) is 124 cm³/mol. The summed E-state index contributed by atoms with van der Waals surface area (Å²) < 4.78 is 33.5. The molecule has 0 spiro atoms. The number of carbonyl (C=O) groups is 1. The molecule has 1 unspecified atom stereocenters. The Labute approximate surface area is 198 Å². The third kappa shape index (κ3) is 4.04. The zero-order valence-corrected chi connectivity index (χ0v) is 18.6. The zero-order chi connectivity index (χ0) is 23.8. The van der Waals surface area contributed by atoms with E-state index in [2.05, 4.69) is 15.5 Å². The average molecular weight is 479 g/mol. The van der Waals surface area contributed by atoms with Crippen molar-refractivity contribution in [3.63, 3.8) is 0 Å². The van der Waals surface area contributed by atoms with E-state index in [0.717, 1.165) is 29.3 Å². The van der Waals surface area contributed by atoms with Crippen LogP contribution in [0.1, 0.15) is 24.4 Å². The highest BCUT2D eigenvalue weighted by Gasteiger charge is 2.36. The molecule has 1 N–H and O–H groups in total. The van der Waals surface area contributed by atoms with Gasteiger partial charge >= 0.3 is 6.03 Å². The number of amides is 2. The first-order valence-corrected chi connectivity index (χ1v) is 10.7. The Balaban J connectivity index is 1.67. The van der Waals surface area contributed by atoms with Gasteiger partial charge in [-0.1, -0.05) is 59.2 Å². The van der Waals surface area contributed by atoms with E-state index < -0.39 is 23.7 Å². The Morgan fingerprint density at radius 3 is 2.35 bits per heavy atom. The van der Waals surface area contributed by atoms with E-state index in [0.29, 0.717) is 22.1 Å². The summed E-state index contributed by atoms with van der Waals surface area (Å²) in [6, 6.07) is 17.9. The lowest BCUT2D eigenvalue weighted by Gasteiger charge is -2.35. The summed E-state index contributed by atoms with van der Waals surface area (Å²) in [4.78, 5) is 18.9. The highest BCUT2D eigenvalue weighted by atomic mass is 35.5. The molecule has 3 aromatic carbocycles. The average Bonchev–Trinajstić information content (AvgIpc) is 3.29. The number of anilines is 1. The predicted octanol–water partition coefficient (Wildman–Crippen LogP) is 6.37. The first-order chi connectivity index (χ1) is 16.4. The van der Waals surface area contributed by atoms with Crippen molar-refractivity contribution in [3.05, 3.63) is 107 Å². The highest BCUT2D eigenvalue weighted by molar-refractivity contribution is 6.30. The van der Waals surface area contributed by atoms with Gasteiger partial charge in [0, 0.05) is 22.3 Å². The van der Waals surface area contributed by atoms with Crippen LogP contribution < -0.4 is 10.2 Å². The van der Waals surface area contributed by atoms with E-state index in [1.807, 2.05) is 30.3 Å². The number of rotatable bonds is 4. The quantitative estimate of drug-likeness (QED) is 0.370.